The standard InChI is InChI=1S/C12H11N3S/c1-9-6-10(7-13)2-3-11(9)8-16-12-14-4-5-15-12/h2-6H,8H2,1H3,(H,14,15). The lowest BCUT2D eigenvalue weighted by atomic mass is 10.1. The number of aromatic nitrogens is 2. The van der Waals surface area contributed by atoms with Crippen molar-refractivity contribution in [3.05, 3.63) is 47.3 Å². The first-order chi connectivity index (χ1) is 7.79. The van der Waals surface area contributed by atoms with Gasteiger partial charge in [-0.1, -0.05) is 17.8 Å². The van der Waals surface area contributed by atoms with Crippen molar-refractivity contribution in [1.82, 2.24) is 9.97 Å². The normalized spacial score (nSPS) is 10.0. The molecule has 0 amide bonds. The van der Waals surface area contributed by atoms with Gasteiger partial charge in [-0.2, -0.15) is 5.26 Å². The van der Waals surface area contributed by atoms with Gasteiger partial charge < -0.3 is 4.98 Å². The van der Waals surface area contributed by atoms with Crippen molar-refractivity contribution in [2.24, 2.45) is 0 Å². The van der Waals surface area contributed by atoms with Crippen LogP contribution in [0.3, 0.4) is 0 Å². The molecule has 4 heteroatoms. The Morgan fingerprint density at radius 3 is 3.00 bits per heavy atom. The van der Waals surface area contributed by atoms with Crippen molar-refractivity contribution >= 4 is 11.8 Å². The zero-order chi connectivity index (χ0) is 11.4. The summed E-state index contributed by atoms with van der Waals surface area (Å²) in [5.41, 5.74) is 3.10. The van der Waals surface area contributed by atoms with E-state index in [-0.39, 0.29) is 0 Å². The summed E-state index contributed by atoms with van der Waals surface area (Å²) in [5.74, 6) is 0.866. The Labute approximate surface area is 98.5 Å². The van der Waals surface area contributed by atoms with E-state index in [1.54, 1.807) is 18.0 Å². The van der Waals surface area contributed by atoms with Gasteiger partial charge in [0.25, 0.3) is 0 Å². The van der Waals surface area contributed by atoms with E-state index < -0.39 is 0 Å². The van der Waals surface area contributed by atoms with Gasteiger partial charge in [-0.25, -0.2) is 4.98 Å². The molecule has 1 N–H and O–H groups in total. The molecule has 1 aromatic heterocycles. The molecule has 0 unspecified atom stereocenters. The SMILES string of the molecule is Cc1cc(C#N)ccc1CSc1ncc[nH]1. The molecule has 0 fully saturated rings. The van der Waals surface area contributed by atoms with Crippen molar-refractivity contribution in [1.29, 1.82) is 5.26 Å². The summed E-state index contributed by atoms with van der Waals surface area (Å²) < 4.78 is 0. The molecule has 1 aromatic carbocycles. The minimum atomic E-state index is 0.712. The summed E-state index contributed by atoms with van der Waals surface area (Å²) in [5, 5.41) is 9.68. The highest BCUT2D eigenvalue weighted by Gasteiger charge is 2.02. The molecule has 16 heavy (non-hydrogen) atoms. The fraction of sp³-hybridized carbons (Fsp3) is 0.167. The van der Waals surface area contributed by atoms with Gasteiger partial charge in [0.2, 0.25) is 0 Å². The quantitative estimate of drug-likeness (QED) is 0.823. The van der Waals surface area contributed by atoms with Crippen LogP contribution in [0.25, 0.3) is 0 Å². The second kappa shape index (κ2) is 4.86. The first-order valence-electron chi connectivity index (χ1n) is 4.91. The van der Waals surface area contributed by atoms with E-state index in [9.17, 15) is 0 Å². The van der Waals surface area contributed by atoms with Gasteiger partial charge in [0.1, 0.15) is 0 Å². The molecule has 0 aliphatic rings. The van der Waals surface area contributed by atoms with Crippen molar-refractivity contribution in [3.8, 4) is 6.07 Å². The van der Waals surface area contributed by atoms with E-state index in [1.807, 2.05) is 31.3 Å². The molecule has 0 radical (unpaired) electrons. The molecule has 0 saturated carbocycles. The highest BCUT2D eigenvalue weighted by molar-refractivity contribution is 7.98. The zero-order valence-electron chi connectivity index (χ0n) is 8.90. The monoisotopic (exact) mass is 229 g/mol. The number of aryl methyl sites for hydroxylation is 1. The molecule has 2 aromatic rings. The zero-order valence-corrected chi connectivity index (χ0v) is 9.71. The smallest absolute Gasteiger partial charge is 0.165 e. The van der Waals surface area contributed by atoms with E-state index in [0.717, 1.165) is 16.5 Å². The molecule has 0 aliphatic heterocycles. The molecule has 1 heterocycles. The molecule has 0 bridgehead atoms. The van der Waals surface area contributed by atoms with Crippen LogP contribution in [0, 0.1) is 18.3 Å². The topological polar surface area (TPSA) is 52.5 Å². The minimum Gasteiger partial charge on any atom is -0.340 e. The van der Waals surface area contributed by atoms with Gasteiger partial charge in [-0.3, -0.25) is 0 Å². The third kappa shape index (κ3) is 2.44. The van der Waals surface area contributed by atoms with E-state index in [4.69, 9.17) is 5.26 Å². The number of aromatic amines is 1. The number of rotatable bonds is 3. The fourth-order valence-corrected chi connectivity index (χ4v) is 2.31. The first kappa shape index (κ1) is 10.8. The Hall–Kier alpha value is -1.73. The van der Waals surface area contributed by atoms with Crippen LogP contribution in [-0.4, -0.2) is 9.97 Å². The molecule has 0 spiro atoms. The second-order valence-electron chi connectivity index (χ2n) is 3.44. The summed E-state index contributed by atoms with van der Waals surface area (Å²) in [6.45, 7) is 2.03. The molecule has 2 rings (SSSR count). The summed E-state index contributed by atoms with van der Waals surface area (Å²) in [6.07, 6.45) is 3.56. The number of nitrogens with one attached hydrogen (secondary N) is 1. The Kier molecular flexibility index (Phi) is 3.28. The molecule has 0 saturated heterocycles. The summed E-state index contributed by atoms with van der Waals surface area (Å²) in [6, 6.07) is 7.91. The average molecular weight is 229 g/mol. The lowest BCUT2D eigenvalue weighted by Gasteiger charge is -2.04. The van der Waals surface area contributed by atoms with Gasteiger partial charge in [0, 0.05) is 18.1 Å². The van der Waals surface area contributed by atoms with Crippen molar-refractivity contribution in [2.45, 2.75) is 17.8 Å². The third-order valence-corrected chi connectivity index (χ3v) is 3.26. The number of benzene rings is 1. The summed E-state index contributed by atoms with van der Waals surface area (Å²) in [7, 11) is 0. The highest BCUT2D eigenvalue weighted by Crippen LogP contribution is 2.21. The number of H-pyrrole nitrogens is 1. The number of nitrogens with zero attached hydrogens (tertiary/aromatic N) is 2. The number of thioether (sulfide) groups is 1. The third-order valence-electron chi connectivity index (χ3n) is 2.31. The van der Waals surface area contributed by atoms with Gasteiger partial charge in [0.15, 0.2) is 5.16 Å². The number of imidazole rings is 1. The Morgan fingerprint density at radius 1 is 1.50 bits per heavy atom. The largest absolute Gasteiger partial charge is 0.340 e. The number of hydrogen-bond donors (Lipinski definition) is 1. The highest BCUT2D eigenvalue weighted by atomic mass is 32.2. The van der Waals surface area contributed by atoms with E-state index >= 15 is 0 Å². The minimum absolute atomic E-state index is 0.712. The summed E-state index contributed by atoms with van der Waals surface area (Å²) in [4.78, 5) is 7.20. The maximum Gasteiger partial charge on any atom is 0.165 e. The van der Waals surface area contributed by atoms with Crippen LogP contribution in [0.1, 0.15) is 16.7 Å². The van der Waals surface area contributed by atoms with Crippen LogP contribution in [0.2, 0.25) is 0 Å². The lowest BCUT2D eigenvalue weighted by molar-refractivity contribution is 1.06. The number of hydrogen-bond acceptors (Lipinski definition) is 3. The van der Waals surface area contributed by atoms with Crippen LogP contribution < -0.4 is 0 Å². The van der Waals surface area contributed by atoms with Crippen LogP contribution in [0.15, 0.2) is 35.7 Å². The fourth-order valence-electron chi connectivity index (χ4n) is 1.40. The van der Waals surface area contributed by atoms with Crippen molar-refractivity contribution in [3.63, 3.8) is 0 Å². The van der Waals surface area contributed by atoms with E-state index in [2.05, 4.69) is 16.0 Å². The van der Waals surface area contributed by atoms with Gasteiger partial charge >= 0.3 is 0 Å². The van der Waals surface area contributed by atoms with E-state index in [0.29, 0.717) is 5.56 Å². The predicted molar refractivity (Wildman–Crippen MR) is 64.0 cm³/mol. The van der Waals surface area contributed by atoms with Crippen LogP contribution in [0.4, 0.5) is 0 Å². The predicted octanol–water partition coefficient (Wildman–Crippen LogP) is 2.88. The van der Waals surface area contributed by atoms with Crippen LogP contribution in [-0.2, 0) is 5.75 Å². The second-order valence-corrected chi connectivity index (χ2v) is 4.40. The van der Waals surface area contributed by atoms with Crippen molar-refractivity contribution < 1.29 is 0 Å². The van der Waals surface area contributed by atoms with Crippen molar-refractivity contribution in [2.75, 3.05) is 0 Å². The summed E-state index contributed by atoms with van der Waals surface area (Å²) >= 11 is 1.66. The Bertz CT molecular complexity index is 512. The van der Waals surface area contributed by atoms with Gasteiger partial charge in [-0.05, 0) is 30.2 Å². The molecular formula is C12H11N3S. The first-order valence-corrected chi connectivity index (χ1v) is 5.90. The van der Waals surface area contributed by atoms with Crippen LogP contribution >= 0.6 is 11.8 Å². The molecule has 80 valence electrons. The Balaban J connectivity index is 2.08. The molecular weight excluding hydrogens is 218 g/mol. The van der Waals surface area contributed by atoms with Crippen LogP contribution in [0.5, 0.6) is 0 Å². The maximum atomic E-state index is 8.76. The lowest BCUT2D eigenvalue weighted by Crippen LogP contribution is -1.88. The number of nitriles is 1. The molecule has 0 atom stereocenters. The van der Waals surface area contributed by atoms with Gasteiger partial charge in [-0.15, -0.1) is 0 Å². The molecule has 0 aliphatic carbocycles. The van der Waals surface area contributed by atoms with E-state index in [1.165, 1.54) is 5.56 Å². The maximum absolute atomic E-state index is 8.76. The Morgan fingerprint density at radius 2 is 2.38 bits per heavy atom. The molecule has 3 nitrogen and oxygen atoms in total. The average Bonchev–Trinajstić information content (AvgIpc) is 2.80. The van der Waals surface area contributed by atoms with Gasteiger partial charge in [0.05, 0.1) is 11.6 Å².